The van der Waals surface area contributed by atoms with Crippen LogP contribution < -0.4 is 15.8 Å². The van der Waals surface area contributed by atoms with Crippen LogP contribution in [0, 0.1) is 12.7 Å². The predicted molar refractivity (Wildman–Crippen MR) is 75.3 cm³/mol. The van der Waals surface area contributed by atoms with Crippen molar-refractivity contribution in [2.24, 2.45) is 0 Å². The van der Waals surface area contributed by atoms with Crippen LogP contribution in [-0.4, -0.2) is 33.2 Å². The van der Waals surface area contributed by atoms with Crippen LogP contribution in [0.4, 0.5) is 10.1 Å². The molecule has 0 spiro atoms. The number of carbonyl (C=O) groups excluding carboxylic acids is 1. The van der Waals surface area contributed by atoms with E-state index in [0.717, 1.165) is 0 Å². The Kier molecular flexibility index (Phi) is 5.46. The number of carbonyl (C=O) groups is 1. The van der Waals surface area contributed by atoms with Crippen molar-refractivity contribution in [2.75, 3.05) is 24.6 Å². The normalized spacial score (nSPS) is 11.3. The largest absolute Gasteiger partial charge is 0.399 e. The number of nitrogen functional groups attached to an aromatic ring is 1. The Balaban J connectivity index is 2.69. The Bertz CT molecular complexity index is 602. The highest BCUT2D eigenvalue weighted by Gasteiger charge is 2.15. The summed E-state index contributed by atoms with van der Waals surface area (Å²) in [6.45, 7) is 3.32. The lowest BCUT2D eigenvalue weighted by atomic mass is 10.1. The van der Waals surface area contributed by atoms with Gasteiger partial charge in [-0.25, -0.2) is 17.5 Å². The Labute approximate surface area is 117 Å². The molecule has 1 rings (SSSR count). The van der Waals surface area contributed by atoms with E-state index in [4.69, 9.17) is 5.73 Å². The van der Waals surface area contributed by atoms with Crippen molar-refractivity contribution in [1.82, 2.24) is 10.0 Å². The maximum atomic E-state index is 13.8. The first-order valence-electron chi connectivity index (χ1n) is 6.08. The molecule has 0 aliphatic heterocycles. The summed E-state index contributed by atoms with van der Waals surface area (Å²) in [6.07, 6.45) is 0. The van der Waals surface area contributed by atoms with Gasteiger partial charge in [-0.05, 0) is 24.6 Å². The van der Waals surface area contributed by atoms with Gasteiger partial charge in [0.05, 0.1) is 11.3 Å². The first-order chi connectivity index (χ1) is 9.26. The van der Waals surface area contributed by atoms with Gasteiger partial charge < -0.3 is 11.1 Å². The van der Waals surface area contributed by atoms with E-state index in [1.165, 1.54) is 19.1 Å². The number of nitrogens with one attached hydrogen (secondary N) is 2. The highest BCUT2D eigenvalue weighted by Crippen LogP contribution is 2.16. The van der Waals surface area contributed by atoms with Crippen LogP contribution in [0.3, 0.4) is 0 Å². The molecule has 0 aromatic heterocycles. The van der Waals surface area contributed by atoms with E-state index < -0.39 is 21.7 Å². The van der Waals surface area contributed by atoms with Gasteiger partial charge in [-0.15, -0.1) is 0 Å². The quantitative estimate of drug-likeness (QED) is 0.661. The number of benzene rings is 1. The molecule has 0 aliphatic carbocycles. The minimum Gasteiger partial charge on any atom is -0.399 e. The van der Waals surface area contributed by atoms with E-state index in [1.54, 1.807) is 6.92 Å². The lowest BCUT2D eigenvalue weighted by Crippen LogP contribution is -2.34. The average molecular weight is 303 g/mol. The Morgan fingerprint density at radius 3 is 2.65 bits per heavy atom. The topological polar surface area (TPSA) is 101 Å². The third-order valence-corrected chi connectivity index (χ3v) is 4.01. The standard InChI is InChI=1S/C12H18FN3O3S/c1-3-16-20(18,19)5-4-15-12(17)10-7-9(14)6-8(2)11(10)13/h6-7,16H,3-5,14H2,1-2H3,(H,15,17). The number of hydrogen-bond acceptors (Lipinski definition) is 4. The Morgan fingerprint density at radius 1 is 1.40 bits per heavy atom. The maximum Gasteiger partial charge on any atom is 0.254 e. The number of aryl methyl sites for hydroxylation is 1. The zero-order valence-electron chi connectivity index (χ0n) is 11.4. The molecule has 0 fully saturated rings. The number of anilines is 1. The average Bonchev–Trinajstić information content (AvgIpc) is 2.33. The van der Waals surface area contributed by atoms with E-state index in [-0.39, 0.29) is 35.7 Å². The summed E-state index contributed by atoms with van der Waals surface area (Å²) in [4.78, 5) is 11.8. The fourth-order valence-corrected chi connectivity index (χ4v) is 2.60. The molecule has 112 valence electrons. The number of rotatable bonds is 6. The third-order valence-electron chi connectivity index (χ3n) is 2.54. The van der Waals surface area contributed by atoms with Gasteiger partial charge in [0.2, 0.25) is 10.0 Å². The van der Waals surface area contributed by atoms with Crippen LogP contribution in [0.1, 0.15) is 22.8 Å². The van der Waals surface area contributed by atoms with Gasteiger partial charge in [-0.3, -0.25) is 4.79 Å². The smallest absolute Gasteiger partial charge is 0.254 e. The lowest BCUT2D eigenvalue weighted by molar-refractivity contribution is 0.0952. The lowest BCUT2D eigenvalue weighted by Gasteiger charge is -2.09. The number of hydrogen-bond donors (Lipinski definition) is 3. The highest BCUT2D eigenvalue weighted by molar-refractivity contribution is 7.89. The minimum absolute atomic E-state index is 0.110. The molecule has 0 aliphatic rings. The van der Waals surface area contributed by atoms with E-state index in [2.05, 4.69) is 10.0 Å². The molecular weight excluding hydrogens is 285 g/mol. The summed E-state index contributed by atoms with van der Waals surface area (Å²) in [6, 6.07) is 2.64. The summed E-state index contributed by atoms with van der Waals surface area (Å²) < 4.78 is 38.8. The molecule has 6 nitrogen and oxygen atoms in total. The van der Waals surface area contributed by atoms with E-state index >= 15 is 0 Å². The van der Waals surface area contributed by atoms with Crippen LogP contribution in [0.5, 0.6) is 0 Å². The maximum absolute atomic E-state index is 13.8. The summed E-state index contributed by atoms with van der Waals surface area (Å²) in [7, 11) is -3.42. The Morgan fingerprint density at radius 2 is 2.05 bits per heavy atom. The summed E-state index contributed by atoms with van der Waals surface area (Å²) >= 11 is 0. The molecular formula is C12H18FN3O3S. The molecule has 0 saturated heterocycles. The fraction of sp³-hybridized carbons (Fsp3) is 0.417. The molecule has 20 heavy (non-hydrogen) atoms. The second-order valence-corrected chi connectivity index (χ2v) is 6.20. The van der Waals surface area contributed by atoms with Gasteiger partial charge in [0, 0.05) is 18.8 Å². The second kappa shape index (κ2) is 6.67. The van der Waals surface area contributed by atoms with Crippen molar-refractivity contribution < 1.29 is 17.6 Å². The molecule has 0 atom stereocenters. The van der Waals surface area contributed by atoms with Crippen molar-refractivity contribution in [3.05, 3.63) is 29.1 Å². The van der Waals surface area contributed by atoms with Crippen LogP contribution in [0.2, 0.25) is 0 Å². The van der Waals surface area contributed by atoms with Crippen molar-refractivity contribution in [3.8, 4) is 0 Å². The zero-order chi connectivity index (χ0) is 15.3. The van der Waals surface area contributed by atoms with Gasteiger partial charge >= 0.3 is 0 Å². The predicted octanol–water partition coefficient (Wildman–Crippen LogP) is 0.385. The zero-order valence-corrected chi connectivity index (χ0v) is 12.2. The molecule has 1 amide bonds. The molecule has 1 aromatic rings. The number of halogens is 1. The van der Waals surface area contributed by atoms with Crippen LogP contribution >= 0.6 is 0 Å². The van der Waals surface area contributed by atoms with Gasteiger partial charge in [-0.2, -0.15) is 0 Å². The third kappa shape index (κ3) is 4.46. The van der Waals surface area contributed by atoms with E-state index in [9.17, 15) is 17.6 Å². The summed E-state index contributed by atoms with van der Waals surface area (Å²) in [5.74, 6) is -1.62. The first kappa shape index (κ1) is 16.4. The molecule has 0 saturated carbocycles. The number of amides is 1. The van der Waals surface area contributed by atoms with Gasteiger partial charge in [0.25, 0.3) is 5.91 Å². The molecule has 0 radical (unpaired) electrons. The molecule has 4 N–H and O–H groups in total. The molecule has 8 heteroatoms. The van der Waals surface area contributed by atoms with E-state index in [1.807, 2.05) is 0 Å². The first-order valence-corrected chi connectivity index (χ1v) is 7.73. The Hall–Kier alpha value is -1.67. The molecule has 0 unspecified atom stereocenters. The van der Waals surface area contributed by atoms with Gasteiger partial charge in [-0.1, -0.05) is 6.92 Å². The van der Waals surface area contributed by atoms with Gasteiger partial charge in [0.15, 0.2) is 0 Å². The minimum atomic E-state index is -3.42. The second-order valence-electron chi connectivity index (χ2n) is 4.27. The van der Waals surface area contributed by atoms with Crippen LogP contribution in [-0.2, 0) is 10.0 Å². The molecule has 0 heterocycles. The SMILES string of the molecule is CCNS(=O)(=O)CCNC(=O)c1cc(N)cc(C)c1F. The monoisotopic (exact) mass is 303 g/mol. The highest BCUT2D eigenvalue weighted by atomic mass is 32.2. The summed E-state index contributed by atoms with van der Waals surface area (Å²) in [5.41, 5.74) is 5.89. The van der Waals surface area contributed by atoms with Crippen molar-refractivity contribution in [2.45, 2.75) is 13.8 Å². The fourth-order valence-electron chi connectivity index (χ4n) is 1.65. The van der Waals surface area contributed by atoms with Gasteiger partial charge in [0.1, 0.15) is 5.82 Å². The number of sulfonamides is 1. The van der Waals surface area contributed by atoms with E-state index in [0.29, 0.717) is 0 Å². The van der Waals surface area contributed by atoms with Crippen molar-refractivity contribution in [1.29, 1.82) is 0 Å². The number of nitrogens with two attached hydrogens (primary N) is 1. The molecule has 0 bridgehead atoms. The van der Waals surface area contributed by atoms with Crippen molar-refractivity contribution in [3.63, 3.8) is 0 Å². The summed E-state index contributed by atoms with van der Waals surface area (Å²) in [5, 5.41) is 2.36. The van der Waals surface area contributed by atoms with Crippen molar-refractivity contribution >= 4 is 21.6 Å². The van der Waals surface area contributed by atoms with Crippen LogP contribution in [0.25, 0.3) is 0 Å². The van der Waals surface area contributed by atoms with Crippen LogP contribution in [0.15, 0.2) is 12.1 Å². The molecule has 1 aromatic carbocycles.